The molecular formula is C13H14N2OS2. The first kappa shape index (κ1) is 13.1. The molecule has 3 nitrogen and oxygen atoms in total. The molecule has 94 valence electrons. The lowest BCUT2D eigenvalue weighted by Gasteiger charge is -2.16. The summed E-state index contributed by atoms with van der Waals surface area (Å²) in [6.45, 7) is 2.55. The Morgan fingerprint density at radius 2 is 2.06 bits per heavy atom. The minimum absolute atomic E-state index is 0.0103. The van der Waals surface area contributed by atoms with Crippen LogP contribution in [0.15, 0.2) is 34.7 Å². The highest BCUT2D eigenvalue weighted by Crippen LogP contribution is 2.16. The van der Waals surface area contributed by atoms with E-state index in [2.05, 4.69) is 17.6 Å². The Kier molecular flexibility index (Phi) is 4.04. The van der Waals surface area contributed by atoms with Crippen molar-refractivity contribution in [3.8, 4) is 0 Å². The van der Waals surface area contributed by atoms with E-state index in [9.17, 15) is 4.79 Å². The molecule has 1 heterocycles. The van der Waals surface area contributed by atoms with Crippen LogP contribution >= 0.6 is 24.0 Å². The lowest BCUT2D eigenvalue weighted by molar-refractivity contribution is 0.0786. The molecule has 18 heavy (non-hydrogen) atoms. The van der Waals surface area contributed by atoms with Gasteiger partial charge in [-0.2, -0.15) is 0 Å². The second-order valence-corrected chi connectivity index (χ2v) is 5.52. The molecule has 0 fully saturated rings. The van der Waals surface area contributed by atoms with Crippen molar-refractivity contribution in [2.45, 2.75) is 18.4 Å². The molecule has 1 aromatic heterocycles. The van der Waals surface area contributed by atoms with Crippen LogP contribution < -0.4 is 0 Å². The molecule has 0 aliphatic heterocycles. The van der Waals surface area contributed by atoms with Gasteiger partial charge in [-0.05, 0) is 31.2 Å². The number of aromatic nitrogens is 1. The average Bonchev–Trinajstić information content (AvgIpc) is 2.75. The molecule has 0 atom stereocenters. The van der Waals surface area contributed by atoms with Crippen LogP contribution in [0.25, 0.3) is 0 Å². The van der Waals surface area contributed by atoms with E-state index < -0.39 is 0 Å². The first-order valence-electron chi connectivity index (χ1n) is 5.51. The quantitative estimate of drug-likeness (QED) is 0.876. The maximum absolute atomic E-state index is 12.2. The van der Waals surface area contributed by atoms with Crippen LogP contribution in [-0.2, 0) is 6.54 Å². The topological polar surface area (TPSA) is 33.2 Å². The summed E-state index contributed by atoms with van der Waals surface area (Å²) < 4.78 is 0. The maximum Gasteiger partial charge on any atom is 0.253 e. The zero-order valence-electron chi connectivity index (χ0n) is 10.3. The normalized spacial score (nSPS) is 10.4. The van der Waals surface area contributed by atoms with Crippen LogP contribution in [0.2, 0.25) is 0 Å². The molecule has 0 unspecified atom stereocenters. The minimum Gasteiger partial charge on any atom is -0.336 e. The Hall–Kier alpha value is -1.33. The van der Waals surface area contributed by atoms with Crippen molar-refractivity contribution >= 4 is 29.9 Å². The second kappa shape index (κ2) is 5.54. The van der Waals surface area contributed by atoms with Gasteiger partial charge in [-0.1, -0.05) is 0 Å². The van der Waals surface area contributed by atoms with Crippen LogP contribution in [0.3, 0.4) is 0 Å². The number of hydrogen-bond donors (Lipinski definition) is 1. The Balaban J connectivity index is 2.09. The molecule has 2 rings (SSSR count). The number of rotatable bonds is 3. The lowest BCUT2D eigenvalue weighted by atomic mass is 10.2. The summed E-state index contributed by atoms with van der Waals surface area (Å²) in [6, 6.07) is 7.23. The number of thiazole rings is 1. The van der Waals surface area contributed by atoms with Crippen molar-refractivity contribution in [1.82, 2.24) is 9.88 Å². The molecule has 0 saturated carbocycles. The summed E-state index contributed by atoms with van der Waals surface area (Å²) in [4.78, 5) is 20.0. The standard InChI is InChI=1S/C13H14N2OS2/c1-9-12(18-8-14-9)7-15(2)13(16)10-3-5-11(17)6-4-10/h3-6,8,17H,7H2,1-2H3. The third kappa shape index (κ3) is 2.91. The van der Waals surface area contributed by atoms with Gasteiger partial charge in [0.1, 0.15) is 0 Å². The molecule has 2 aromatic rings. The maximum atomic E-state index is 12.2. The molecule has 0 saturated heterocycles. The van der Waals surface area contributed by atoms with Gasteiger partial charge in [0.15, 0.2) is 0 Å². The number of carbonyl (C=O) groups is 1. The van der Waals surface area contributed by atoms with Crippen LogP contribution in [-0.4, -0.2) is 22.8 Å². The highest BCUT2D eigenvalue weighted by atomic mass is 32.1. The fraction of sp³-hybridized carbons (Fsp3) is 0.231. The Labute approximate surface area is 116 Å². The van der Waals surface area contributed by atoms with Gasteiger partial charge < -0.3 is 4.90 Å². The van der Waals surface area contributed by atoms with Gasteiger partial charge in [0.05, 0.1) is 17.7 Å². The summed E-state index contributed by atoms with van der Waals surface area (Å²) in [7, 11) is 1.80. The van der Waals surface area contributed by atoms with Crippen LogP contribution in [0.5, 0.6) is 0 Å². The number of benzene rings is 1. The highest BCUT2D eigenvalue weighted by Gasteiger charge is 2.13. The van der Waals surface area contributed by atoms with Gasteiger partial charge in [0, 0.05) is 22.4 Å². The number of aryl methyl sites for hydroxylation is 1. The molecule has 0 aliphatic rings. The Morgan fingerprint density at radius 3 is 2.61 bits per heavy atom. The van der Waals surface area contributed by atoms with Gasteiger partial charge in [0.25, 0.3) is 5.91 Å². The molecule has 5 heteroatoms. The monoisotopic (exact) mass is 278 g/mol. The van der Waals surface area contributed by atoms with E-state index in [1.165, 1.54) is 0 Å². The summed E-state index contributed by atoms with van der Waals surface area (Å²) in [5, 5.41) is 0. The van der Waals surface area contributed by atoms with Gasteiger partial charge in [0.2, 0.25) is 0 Å². The smallest absolute Gasteiger partial charge is 0.253 e. The fourth-order valence-corrected chi connectivity index (χ4v) is 2.57. The van der Waals surface area contributed by atoms with E-state index in [4.69, 9.17) is 0 Å². The average molecular weight is 278 g/mol. The molecule has 1 aromatic carbocycles. The number of thiol groups is 1. The van der Waals surface area contributed by atoms with Crippen molar-refractivity contribution in [2.24, 2.45) is 0 Å². The first-order valence-corrected chi connectivity index (χ1v) is 6.84. The SMILES string of the molecule is Cc1ncsc1CN(C)C(=O)c1ccc(S)cc1. The van der Waals surface area contributed by atoms with E-state index in [1.54, 1.807) is 40.9 Å². The largest absolute Gasteiger partial charge is 0.336 e. The van der Waals surface area contributed by atoms with E-state index in [1.807, 2.05) is 19.1 Å². The van der Waals surface area contributed by atoms with Gasteiger partial charge >= 0.3 is 0 Å². The predicted octanol–water partition coefficient (Wildman–Crippen LogP) is 3.01. The Bertz CT molecular complexity index is 548. The van der Waals surface area contributed by atoms with Gasteiger partial charge in [-0.25, -0.2) is 4.98 Å². The van der Waals surface area contributed by atoms with E-state index in [-0.39, 0.29) is 5.91 Å². The molecular weight excluding hydrogens is 264 g/mol. The summed E-state index contributed by atoms with van der Waals surface area (Å²) in [5.74, 6) is 0.0103. The molecule has 0 N–H and O–H groups in total. The summed E-state index contributed by atoms with van der Waals surface area (Å²) in [5.41, 5.74) is 3.47. The van der Waals surface area contributed by atoms with Gasteiger partial charge in [-0.15, -0.1) is 24.0 Å². The van der Waals surface area contributed by atoms with E-state index >= 15 is 0 Å². The van der Waals surface area contributed by atoms with Crippen molar-refractivity contribution in [1.29, 1.82) is 0 Å². The van der Waals surface area contributed by atoms with Crippen molar-refractivity contribution in [2.75, 3.05) is 7.05 Å². The number of nitrogens with zero attached hydrogens (tertiary/aromatic N) is 2. The number of carbonyl (C=O) groups excluding carboxylic acids is 1. The van der Waals surface area contributed by atoms with Crippen molar-refractivity contribution < 1.29 is 4.79 Å². The van der Waals surface area contributed by atoms with Crippen molar-refractivity contribution in [3.05, 3.63) is 45.9 Å². The number of amides is 1. The van der Waals surface area contributed by atoms with Crippen LogP contribution in [0, 0.1) is 6.92 Å². The second-order valence-electron chi connectivity index (χ2n) is 4.07. The molecule has 0 bridgehead atoms. The number of hydrogen-bond acceptors (Lipinski definition) is 4. The summed E-state index contributed by atoms with van der Waals surface area (Å²) in [6.07, 6.45) is 0. The predicted molar refractivity (Wildman–Crippen MR) is 76.3 cm³/mol. The van der Waals surface area contributed by atoms with Crippen LogP contribution in [0.4, 0.5) is 0 Å². The molecule has 0 spiro atoms. The highest BCUT2D eigenvalue weighted by molar-refractivity contribution is 7.80. The third-order valence-corrected chi connectivity index (χ3v) is 3.90. The van der Waals surface area contributed by atoms with Gasteiger partial charge in [-0.3, -0.25) is 4.79 Å². The molecule has 0 radical (unpaired) electrons. The fourth-order valence-electron chi connectivity index (χ4n) is 1.59. The molecule has 0 aliphatic carbocycles. The zero-order chi connectivity index (χ0) is 13.1. The van der Waals surface area contributed by atoms with E-state index in [0.717, 1.165) is 15.5 Å². The lowest BCUT2D eigenvalue weighted by Crippen LogP contribution is -2.26. The molecule has 1 amide bonds. The van der Waals surface area contributed by atoms with Crippen molar-refractivity contribution in [3.63, 3.8) is 0 Å². The Morgan fingerprint density at radius 1 is 1.39 bits per heavy atom. The summed E-state index contributed by atoms with van der Waals surface area (Å²) >= 11 is 5.78. The minimum atomic E-state index is 0.0103. The first-order chi connectivity index (χ1) is 8.58. The zero-order valence-corrected chi connectivity index (χ0v) is 12.0. The third-order valence-electron chi connectivity index (χ3n) is 2.69. The van der Waals surface area contributed by atoms with Crippen LogP contribution in [0.1, 0.15) is 20.9 Å². The van der Waals surface area contributed by atoms with E-state index in [0.29, 0.717) is 12.1 Å².